The lowest BCUT2D eigenvalue weighted by atomic mass is 10.2. The lowest BCUT2D eigenvalue weighted by Crippen LogP contribution is -2.42. The molecule has 0 unspecified atom stereocenters. The van der Waals surface area contributed by atoms with E-state index in [0.29, 0.717) is 11.0 Å². The van der Waals surface area contributed by atoms with Crippen LogP contribution in [0, 0.1) is 0 Å². The summed E-state index contributed by atoms with van der Waals surface area (Å²) in [6, 6.07) is 6.99. The molecule has 1 rings (SSSR count). The number of rotatable bonds is 4. The molecule has 0 amide bonds. The minimum absolute atomic E-state index is 0.0360. The lowest BCUT2D eigenvalue weighted by molar-refractivity contribution is -0.896. The fraction of sp³-hybridized carbons (Fsp3) is 0.364. The number of phenols is 1. The van der Waals surface area contributed by atoms with Crippen molar-refractivity contribution in [1.29, 1.82) is 0 Å². The van der Waals surface area contributed by atoms with Crippen LogP contribution in [0.4, 0.5) is 0 Å². The average Bonchev–Trinajstić information content (AvgIpc) is 2.06. The summed E-state index contributed by atoms with van der Waals surface area (Å²) in [7, 11) is 3.64. The van der Waals surface area contributed by atoms with Crippen molar-refractivity contribution in [3.8, 4) is 5.75 Å². The fourth-order valence-corrected chi connectivity index (χ4v) is 1.53. The standard InChI is InChI=1S/C11H15NO3/c1-12(2,8-11(14)15)7-9-5-3-4-6-10(9)13/h3-6H,7-8H2,1-2H3,(H-,13,14,15)/p+1. The van der Waals surface area contributed by atoms with Crippen molar-refractivity contribution in [3.05, 3.63) is 29.8 Å². The summed E-state index contributed by atoms with van der Waals surface area (Å²) in [4.78, 5) is 10.6. The number of benzene rings is 1. The zero-order valence-corrected chi connectivity index (χ0v) is 8.97. The summed E-state index contributed by atoms with van der Waals surface area (Å²) >= 11 is 0. The molecule has 82 valence electrons. The highest BCUT2D eigenvalue weighted by Gasteiger charge is 2.21. The summed E-state index contributed by atoms with van der Waals surface area (Å²) in [5, 5.41) is 18.3. The number of para-hydroxylation sites is 1. The van der Waals surface area contributed by atoms with Gasteiger partial charge in [-0.15, -0.1) is 0 Å². The molecule has 0 saturated heterocycles. The highest BCUT2D eigenvalue weighted by Crippen LogP contribution is 2.19. The molecule has 0 aliphatic heterocycles. The Bertz CT molecular complexity index is 361. The highest BCUT2D eigenvalue weighted by atomic mass is 16.4. The monoisotopic (exact) mass is 210 g/mol. The van der Waals surface area contributed by atoms with Gasteiger partial charge in [0.05, 0.1) is 14.1 Å². The van der Waals surface area contributed by atoms with E-state index in [1.165, 1.54) is 0 Å². The van der Waals surface area contributed by atoms with Gasteiger partial charge in [-0.1, -0.05) is 12.1 Å². The van der Waals surface area contributed by atoms with Gasteiger partial charge in [-0.25, -0.2) is 4.79 Å². The number of aromatic hydroxyl groups is 1. The number of phenolic OH excluding ortho intramolecular Hbond substituents is 1. The highest BCUT2D eigenvalue weighted by molar-refractivity contribution is 5.67. The number of likely N-dealkylation sites (N-methyl/N-ethyl adjacent to an activating group) is 1. The van der Waals surface area contributed by atoms with Gasteiger partial charge in [0.2, 0.25) is 0 Å². The van der Waals surface area contributed by atoms with Gasteiger partial charge >= 0.3 is 5.97 Å². The van der Waals surface area contributed by atoms with Crippen molar-refractivity contribution < 1.29 is 19.5 Å². The van der Waals surface area contributed by atoms with Crippen LogP contribution in [-0.4, -0.2) is 41.3 Å². The second-order valence-electron chi connectivity index (χ2n) is 4.27. The number of hydrogen-bond acceptors (Lipinski definition) is 2. The van der Waals surface area contributed by atoms with E-state index in [1.54, 1.807) is 18.2 Å². The Hall–Kier alpha value is -1.55. The van der Waals surface area contributed by atoms with Crippen LogP contribution in [0.2, 0.25) is 0 Å². The van der Waals surface area contributed by atoms with E-state index >= 15 is 0 Å². The van der Waals surface area contributed by atoms with Gasteiger partial charge in [-0.05, 0) is 12.1 Å². The molecule has 0 bridgehead atoms. The van der Waals surface area contributed by atoms with Crippen molar-refractivity contribution >= 4 is 5.97 Å². The molecule has 0 aliphatic rings. The lowest BCUT2D eigenvalue weighted by Gasteiger charge is -2.27. The van der Waals surface area contributed by atoms with Crippen LogP contribution < -0.4 is 0 Å². The maximum atomic E-state index is 10.6. The fourth-order valence-electron chi connectivity index (χ4n) is 1.53. The first-order valence-corrected chi connectivity index (χ1v) is 4.71. The predicted molar refractivity (Wildman–Crippen MR) is 56.4 cm³/mol. The largest absolute Gasteiger partial charge is 0.507 e. The molecule has 0 heterocycles. The molecule has 4 nitrogen and oxygen atoms in total. The molecule has 0 spiro atoms. The summed E-state index contributed by atoms with van der Waals surface area (Å²) < 4.78 is 0.312. The Morgan fingerprint density at radius 1 is 1.33 bits per heavy atom. The molecule has 0 radical (unpaired) electrons. The summed E-state index contributed by atoms with van der Waals surface area (Å²) in [5.74, 6) is -0.621. The second kappa shape index (κ2) is 4.31. The van der Waals surface area contributed by atoms with Gasteiger partial charge in [0.15, 0.2) is 6.54 Å². The maximum Gasteiger partial charge on any atom is 0.359 e. The molecule has 1 aromatic carbocycles. The summed E-state index contributed by atoms with van der Waals surface area (Å²) in [6.07, 6.45) is 0. The molecule has 1 aromatic rings. The van der Waals surface area contributed by atoms with Crippen LogP contribution >= 0.6 is 0 Å². The Morgan fingerprint density at radius 3 is 2.47 bits per heavy atom. The molecule has 15 heavy (non-hydrogen) atoms. The van der Waals surface area contributed by atoms with Gasteiger partial charge in [0.1, 0.15) is 12.3 Å². The average molecular weight is 210 g/mol. The van der Waals surface area contributed by atoms with E-state index in [-0.39, 0.29) is 12.3 Å². The minimum atomic E-state index is -0.838. The van der Waals surface area contributed by atoms with Crippen LogP contribution in [-0.2, 0) is 11.3 Å². The minimum Gasteiger partial charge on any atom is -0.507 e. The molecular formula is C11H16NO3+. The van der Waals surface area contributed by atoms with Crippen LogP contribution in [0.1, 0.15) is 5.56 Å². The summed E-state index contributed by atoms with van der Waals surface area (Å²) in [6.45, 7) is 0.535. The normalized spacial score (nSPS) is 11.3. The van der Waals surface area contributed by atoms with Crippen molar-refractivity contribution in [2.45, 2.75) is 6.54 Å². The van der Waals surface area contributed by atoms with Crippen molar-refractivity contribution in [2.24, 2.45) is 0 Å². The smallest absolute Gasteiger partial charge is 0.359 e. The van der Waals surface area contributed by atoms with Crippen molar-refractivity contribution in [2.75, 3.05) is 20.6 Å². The van der Waals surface area contributed by atoms with E-state index in [0.717, 1.165) is 5.56 Å². The van der Waals surface area contributed by atoms with Gasteiger partial charge in [0, 0.05) is 5.56 Å². The number of carboxylic acids is 1. The number of hydrogen-bond donors (Lipinski definition) is 2. The number of quaternary nitrogens is 1. The third-order valence-electron chi connectivity index (χ3n) is 2.15. The quantitative estimate of drug-likeness (QED) is 0.730. The zero-order valence-electron chi connectivity index (χ0n) is 8.97. The third kappa shape index (κ3) is 3.59. The molecule has 2 N–H and O–H groups in total. The Balaban J connectivity index is 2.77. The van der Waals surface area contributed by atoms with Gasteiger partial charge in [-0.3, -0.25) is 0 Å². The number of carboxylic acid groups (broad SMARTS) is 1. The molecule has 0 aliphatic carbocycles. The zero-order chi connectivity index (χ0) is 11.5. The van der Waals surface area contributed by atoms with Gasteiger partial charge in [-0.2, -0.15) is 0 Å². The molecular weight excluding hydrogens is 194 g/mol. The Labute approximate surface area is 89.0 Å². The molecule has 4 heteroatoms. The van der Waals surface area contributed by atoms with Crippen LogP contribution in [0.5, 0.6) is 5.75 Å². The first-order valence-electron chi connectivity index (χ1n) is 4.71. The van der Waals surface area contributed by atoms with E-state index < -0.39 is 5.97 Å². The van der Waals surface area contributed by atoms with Gasteiger partial charge < -0.3 is 14.7 Å². The van der Waals surface area contributed by atoms with Crippen LogP contribution in [0.25, 0.3) is 0 Å². The topological polar surface area (TPSA) is 57.5 Å². The molecule has 0 atom stereocenters. The second-order valence-corrected chi connectivity index (χ2v) is 4.27. The van der Waals surface area contributed by atoms with E-state index in [9.17, 15) is 9.90 Å². The Kier molecular flexibility index (Phi) is 3.31. The van der Waals surface area contributed by atoms with E-state index in [1.807, 2.05) is 20.2 Å². The third-order valence-corrected chi connectivity index (χ3v) is 2.15. The first-order chi connectivity index (χ1) is 6.91. The van der Waals surface area contributed by atoms with E-state index in [2.05, 4.69) is 0 Å². The van der Waals surface area contributed by atoms with Crippen LogP contribution in [0.3, 0.4) is 0 Å². The van der Waals surface area contributed by atoms with E-state index in [4.69, 9.17) is 5.11 Å². The maximum absolute atomic E-state index is 10.6. The number of carbonyl (C=O) groups is 1. The van der Waals surface area contributed by atoms with Crippen molar-refractivity contribution in [3.63, 3.8) is 0 Å². The van der Waals surface area contributed by atoms with Crippen LogP contribution in [0.15, 0.2) is 24.3 Å². The number of aliphatic carboxylic acids is 1. The first kappa shape index (κ1) is 11.5. The van der Waals surface area contributed by atoms with Gasteiger partial charge in [0.25, 0.3) is 0 Å². The van der Waals surface area contributed by atoms with Crippen molar-refractivity contribution in [1.82, 2.24) is 0 Å². The Morgan fingerprint density at radius 2 is 1.93 bits per heavy atom. The molecule has 0 fully saturated rings. The SMILES string of the molecule is C[N+](C)(CC(=O)O)Cc1ccccc1O. The molecule has 0 aromatic heterocycles. The summed E-state index contributed by atoms with van der Waals surface area (Å²) in [5.41, 5.74) is 0.767. The molecule has 0 saturated carbocycles. The number of nitrogens with zero attached hydrogens (tertiary/aromatic N) is 1. The predicted octanol–water partition coefficient (Wildman–Crippen LogP) is 1.05.